The Bertz CT molecular complexity index is 1020. The van der Waals surface area contributed by atoms with Crippen LogP contribution < -0.4 is 10.2 Å². The molecule has 166 valence electrons. The monoisotopic (exact) mass is 465 g/mol. The van der Waals surface area contributed by atoms with E-state index in [1.54, 1.807) is 23.1 Å². The molecule has 0 saturated carbocycles. The van der Waals surface area contributed by atoms with E-state index in [2.05, 4.69) is 15.2 Å². The third-order valence-corrected chi connectivity index (χ3v) is 7.47. The van der Waals surface area contributed by atoms with Gasteiger partial charge in [0.1, 0.15) is 4.90 Å². The number of carbonyl (C=O) groups excluding carboxylic acids is 1. The van der Waals surface area contributed by atoms with Crippen LogP contribution in [0.2, 0.25) is 5.02 Å². The maximum Gasteiger partial charge on any atom is 0.321 e. The van der Waals surface area contributed by atoms with Gasteiger partial charge in [0.25, 0.3) is 0 Å². The second-order valence-corrected chi connectivity index (χ2v) is 9.65. The minimum Gasteiger partial charge on any atom is -0.378 e. The number of hydrogen-bond donors (Lipinski definition) is 1. The number of pyridine rings is 1. The minimum absolute atomic E-state index is 0.155. The van der Waals surface area contributed by atoms with Crippen LogP contribution in [0, 0.1) is 0 Å². The highest BCUT2D eigenvalue weighted by Crippen LogP contribution is 2.30. The molecule has 0 spiro atoms. The van der Waals surface area contributed by atoms with Gasteiger partial charge in [0.15, 0.2) is 0 Å². The van der Waals surface area contributed by atoms with Crippen molar-refractivity contribution in [3.05, 3.63) is 47.7 Å². The number of urea groups is 1. The molecule has 31 heavy (non-hydrogen) atoms. The summed E-state index contributed by atoms with van der Waals surface area (Å²) in [6, 6.07) is 8.25. The summed E-state index contributed by atoms with van der Waals surface area (Å²) in [5.41, 5.74) is 1.52. The van der Waals surface area contributed by atoms with Crippen molar-refractivity contribution < 1.29 is 17.9 Å². The Hall–Kier alpha value is -2.40. The number of hydrogen-bond acceptors (Lipinski definition) is 6. The fourth-order valence-corrected chi connectivity index (χ4v) is 5.22. The maximum absolute atomic E-state index is 12.9. The summed E-state index contributed by atoms with van der Waals surface area (Å²) < 4.78 is 32.3. The zero-order chi connectivity index (χ0) is 21.8. The Labute approximate surface area is 186 Å². The van der Waals surface area contributed by atoms with Gasteiger partial charge in [-0.2, -0.15) is 4.31 Å². The van der Waals surface area contributed by atoms with E-state index in [0.717, 1.165) is 18.8 Å². The van der Waals surface area contributed by atoms with Crippen LogP contribution in [-0.2, 0) is 14.8 Å². The number of aromatic nitrogens is 1. The summed E-state index contributed by atoms with van der Waals surface area (Å²) in [7, 11) is -3.62. The van der Waals surface area contributed by atoms with Crippen molar-refractivity contribution in [2.45, 2.75) is 4.90 Å². The van der Waals surface area contributed by atoms with Crippen LogP contribution >= 0.6 is 11.6 Å². The summed E-state index contributed by atoms with van der Waals surface area (Å²) in [5, 5.41) is 3.47. The number of nitrogens with zero attached hydrogens (tertiary/aromatic N) is 4. The van der Waals surface area contributed by atoms with E-state index in [1.165, 1.54) is 22.8 Å². The maximum atomic E-state index is 12.9. The first-order valence-corrected chi connectivity index (χ1v) is 11.9. The molecule has 0 radical (unpaired) electrons. The number of morpholine rings is 1. The first-order chi connectivity index (χ1) is 14.9. The molecule has 3 heterocycles. The number of anilines is 2. The summed E-state index contributed by atoms with van der Waals surface area (Å²) >= 11 is 6.17. The molecule has 2 aliphatic rings. The number of benzene rings is 1. The van der Waals surface area contributed by atoms with Crippen molar-refractivity contribution >= 4 is 39.0 Å². The standard InChI is InChI=1S/C20H24ClN5O4S/c21-16-3-4-19(24-10-12-30-13-11-24)18(14-16)23-20(27)25-6-8-26(9-7-25)31(28,29)17-2-1-5-22-15-17/h1-5,14-15H,6-13H2,(H,23,27). The molecule has 0 unspecified atom stereocenters. The van der Waals surface area contributed by atoms with Gasteiger partial charge in [-0.1, -0.05) is 11.6 Å². The predicted molar refractivity (Wildman–Crippen MR) is 118 cm³/mol. The van der Waals surface area contributed by atoms with Gasteiger partial charge in [0.2, 0.25) is 10.0 Å². The van der Waals surface area contributed by atoms with Gasteiger partial charge >= 0.3 is 6.03 Å². The van der Waals surface area contributed by atoms with Crippen LogP contribution in [0.4, 0.5) is 16.2 Å². The fraction of sp³-hybridized carbons (Fsp3) is 0.400. The third-order valence-electron chi connectivity index (χ3n) is 5.35. The van der Waals surface area contributed by atoms with Crippen LogP contribution in [0.15, 0.2) is 47.6 Å². The first kappa shape index (κ1) is 21.8. The van der Waals surface area contributed by atoms with E-state index < -0.39 is 10.0 Å². The molecule has 2 fully saturated rings. The Morgan fingerprint density at radius 2 is 1.81 bits per heavy atom. The zero-order valence-electron chi connectivity index (χ0n) is 16.9. The number of rotatable bonds is 4. The van der Waals surface area contributed by atoms with Crippen molar-refractivity contribution in [1.29, 1.82) is 0 Å². The molecular weight excluding hydrogens is 442 g/mol. The average Bonchev–Trinajstić information content (AvgIpc) is 2.80. The van der Waals surface area contributed by atoms with E-state index in [9.17, 15) is 13.2 Å². The summed E-state index contributed by atoms with van der Waals surface area (Å²) in [4.78, 5) is 20.7. The molecular formula is C20H24ClN5O4S. The molecule has 0 aliphatic carbocycles. The Morgan fingerprint density at radius 3 is 2.48 bits per heavy atom. The lowest BCUT2D eigenvalue weighted by atomic mass is 10.2. The normalized spacial score (nSPS) is 18.1. The largest absolute Gasteiger partial charge is 0.378 e. The van der Waals surface area contributed by atoms with E-state index in [1.807, 2.05) is 6.07 Å². The molecule has 1 N–H and O–H groups in total. The summed E-state index contributed by atoms with van der Waals surface area (Å²) in [5.74, 6) is 0. The fourth-order valence-electron chi connectivity index (χ4n) is 3.66. The van der Waals surface area contributed by atoms with Crippen molar-refractivity contribution in [3.63, 3.8) is 0 Å². The molecule has 1 aromatic carbocycles. The molecule has 11 heteroatoms. The van der Waals surface area contributed by atoms with Crippen LogP contribution in [0.5, 0.6) is 0 Å². The number of halogens is 1. The van der Waals surface area contributed by atoms with Gasteiger partial charge in [-0.25, -0.2) is 13.2 Å². The predicted octanol–water partition coefficient (Wildman–Crippen LogP) is 2.11. The Kier molecular flexibility index (Phi) is 6.61. The quantitative estimate of drug-likeness (QED) is 0.743. The third kappa shape index (κ3) is 4.93. The summed E-state index contributed by atoms with van der Waals surface area (Å²) in [6.45, 7) is 3.74. The van der Waals surface area contributed by atoms with Gasteiger partial charge < -0.3 is 19.9 Å². The number of piperazine rings is 1. The number of sulfonamides is 1. The van der Waals surface area contributed by atoms with Gasteiger partial charge in [-0.15, -0.1) is 0 Å². The topological polar surface area (TPSA) is 95.1 Å². The van der Waals surface area contributed by atoms with Gasteiger partial charge in [0, 0.05) is 56.7 Å². The smallest absolute Gasteiger partial charge is 0.321 e. The van der Waals surface area contributed by atoms with Gasteiger partial charge in [0.05, 0.1) is 24.6 Å². The number of amides is 2. The zero-order valence-corrected chi connectivity index (χ0v) is 18.5. The lowest BCUT2D eigenvalue weighted by Crippen LogP contribution is -2.51. The molecule has 0 atom stereocenters. The van der Waals surface area contributed by atoms with Crippen LogP contribution in [0.3, 0.4) is 0 Å². The highest BCUT2D eigenvalue weighted by atomic mass is 35.5. The Balaban J connectivity index is 1.41. The van der Waals surface area contributed by atoms with Crippen LogP contribution in [0.25, 0.3) is 0 Å². The molecule has 2 saturated heterocycles. The van der Waals surface area contributed by atoms with Crippen molar-refractivity contribution in [2.75, 3.05) is 62.7 Å². The van der Waals surface area contributed by atoms with E-state index in [4.69, 9.17) is 16.3 Å². The van der Waals surface area contributed by atoms with E-state index in [-0.39, 0.29) is 24.0 Å². The number of ether oxygens (including phenoxy) is 1. The molecule has 1 aromatic heterocycles. The van der Waals surface area contributed by atoms with Crippen LogP contribution in [0.1, 0.15) is 0 Å². The molecule has 0 bridgehead atoms. The number of nitrogens with one attached hydrogen (secondary N) is 1. The van der Waals surface area contributed by atoms with Gasteiger partial charge in [-0.05, 0) is 30.3 Å². The molecule has 2 aromatic rings. The van der Waals surface area contributed by atoms with Crippen molar-refractivity contribution in [2.24, 2.45) is 0 Å². The van der Waals surface area contributed by atoms with Gasteiger partial charge in [-0.3, -0.25) is 4.98 Å². The van der Waals surface area contributed by atoms with E-state index >= 15 is 0 Å². The van der Waals surface area contributed by atoms with E-state index in [0.29, 0.717) is 37.0 Å². The average molecular weight is 466 g/mol. The lowest BCUT2D eigenvalue weighted by molar-refractivity contribution is 0.123. The molecule has 2 aliphatic heterocycles. The van der Waals surface area contributed by atoms with Crippen molar-refractivity contribution in [1.82, 2.24) is 14.2 Å². The van der Waals surface area contributed by atoms with Crippen molar-refractivity contribution in [3.8, 4) is 0 Å². The minimum atomic E-state index is -3.62. The second-order valence-electron chi connectivity index (χ2n) is 7.27. The molecule has 2 amide bonds. The summed E-state index contributed by atoms with van der Waals surface area (Å²) in [6.07, 6.45) is 2.86. The highest BCUT2D eigenvalue weighted by molar-refractivity contribution is 7.89. The number of carbonyl (C=O) groups is 1. The Morgan fingerprint density at radius 1 is 1.06 bits per heavy atom. The SMILES string of the molecule is O=C(Nc1cc(Cl)ccc1N1CCOCC1)N1CCN(S(=O)(=O)c2cccnc2)CC1. The van der Waals surface area contributed by atoms with Crippen LogP contribution in [-0.4, -0.2) is 81.1 Å². The molecule has 9 nitrogen and oxygen atoms in total. The lowest BCUT2D eigenvalue weighted by Gasteiger charge is -2.35. The second kappa shape index (κ2) is 9.39. The highest BCUT2D eigenvalue weighted by Gasteiger charge is 2.30. The first-order valence-electron chi connectivity index (χ1n) is 10.0. The molecule has 4 rings (SSSR count).